The number of carboxylic acid groups (broad SMARTS) is 1. The molecule has 0 spiro atoms. The molecule has 1 N–H and O–H groups in total. The minimum Gasteiger partial charge on any atom is -0.478 e. The van der Waals surface area contributed by atoms with Gasteiger partial charge in [0.2, 0.25) is 7.59 Å². The molecule has 0 aliphatic rings. The number of aromatic nitrogens is 3. The van der Waals surface area contributed by atoms with Crippen molar-refractivity contribution in [2.75, 3.05) is 0 Å². The third kappa shape index (κ3) is 4.72. The van der Waals surface area contributed by atoms with E-state index in [1.54, 1.807) is 6.07 Å². The Labute approximate surface area is 160 Å². The number of alkyl halides is 6. The van der Waals surface area contributed by atoms with Crippen LogP contribution in [-0.2, 0) is 7.59 Å². The predicted molar refractivity (Wildman–Crippen MR) is 90.7 cm³/mol. The first-order valence-electron chi connectivity index (χ1n) is 5.72. The Kier molecular flexibility index (Phi) is 5.51. The highest BCUT2D eigenvalue weighted by molar-refractivity contribution is 6.67. The van der Waals surface area contributed by atoms with Crippen molar-refractivity contribution in [1.82, 2.24) is 15.0 Å². The molecule has 5 nitrogen and oxygen atoms in total. The number of hydrogen-bond donors (Lipinski definition) is 1. The van der Waals surface area contributed by atoms with E-state index in [1.807, 2.05) is 0 Å². The molecule has 23 heavy (non-hydrogen) atoms. The van der Waals surface area contributed by atoms with Gasteiger partial charge < -0.3 is 5.11 Å². The van der Waals surface area contributed by atoms with E-state index in [4.69, 9.17) is 74.7 Å². The summed E-state index contributed by atoms with van der Waals surface area (Å²) in [5, 5.41) is 9.04. The molecule has 1 heterocycles. The van der Waals surface area contributed by atoms with Crippen molar-refractivity contribution in [1.29, 1.82) is 0 Å². The fraction of sp³-hybridized carbons (Fsp3) is 0.167. The highest BCUT2D eigenvalue weighted by Gasteiger charge is 2.34. The smallest absolute Gasteiger partial charge is 0.335 e. The van der Waals surface area contributed by atoms with Gasteiger partial charge in [-0.15, -0.1) is 0 Å². The summed E-state index contributed by atoms with van der Waals surface area (Å²) in [5.41, 5.74) is 0.354. The lowest BCUT2D eigenvalue weighted by molar-refractivity contribution is 0.0697. The van der Waals surface area contributed by atoms with E-state index in [0.29, 0.717) is 5.56 Å². The van der Waals surface area contributed by atoms with Crippen LogP contribution >= 0.6 is 69.6 Å². The molecule has 0 bridgehead atoms. The van der Waals surface area contributed by atoms with Gasteiger partial charge in [-0.3, -0.25) is 0 Å². The summed E-state index contributed by atoms with van der Waals surface area (Å²) in [7, 11) is 0. The fourth-order valence-electron chi connectivity index (χ4n) is 1.55. The zero-order valence-electron chi connectivity index (χ0n) is 10.8. The molecule has 1 aromatic heterocycles. The second-order valence-electron chi connectivity index (χ2n) is 4.19. The van der Waals surface area contributed by atoms with Gasteiger partial charge in [0.05, 0.1) is 5.56 Å². The van der Waals surface area contributed by atoms with Crippen LogP contribution in [0.15, 0.2) is 24.3 Å². The van der Waals surface area contributed by atoms with Gasteiger partial charge in [0.1, 0.15) is 0 Å². The summed E-state index contributed by atoms with van der Waals surface area (Å²) in [5.74, 6) is -1.63. The summed E-state index contributed by atoms with van der Waals surface area (Å²) in [6, 6.07) is 5.80. The molecule has 122 valence electrons. The normalized spacial score (nSPS) is 12.3. The summed E-state index contributed by atoms with van der Waals surface area (Å²) in [6.45, 7) is 0. The molecule has 0 atom stereocenters. The topological polar surface area (TPSA) is 76.0 Å². The van der Waals surface area contributed by atoms with E-state index in [-0.39, 0.29) is 23.0 Å². The Bertz CT molecular complexity index is 725. The molecule has 0 fully saturated rings. The summed E-state index contributed by atoms with van der Waals surface area (Å²) >= 11 is 34.7. The minimum absolute atomic E-state index is 0.00532. The number of rotatable bonds is 2. The molecule has 0 aliphatic carbocycles. The molecule has 1 aromatic carbocycles. The highest BCUT2D eigenvalue weighted by atomic mass is 35.6. The summed E-state index contributed by atoms with van der Waals surface area (Å²) in [4.78, 5) is 22.9. The van der Waals surface area contributed by atoms with Crippen molar-refractivity contribution in [3.63, 3.8) is 0 Å². The zero-order valence-corrected chi connectivity index (χ0v) is 15.3. The van der Waals surface area contributed by atoms with Crippen LogP contribution in [0.2, 0.25) is 0 Å². The van der Waals surface area contributed by atoms with Crippen LogP contribution < -0.4 is 0 Å². The first-order chi connectivity index (χ1) is 10.5. The lowest BCUT2D eigenvalue weighted by atomic mass is 10.1. The maximum atomic E-state index is 11.1. The Morgan fingerprint density at radius 1 is 0.913 bits per heavy atom. The number of benzene rings is 1. The number of nitrogens with zero attached hydrogens (tertiary/aromatic N) is 3. The van der Waals surface area contributed by atoms with E-state index < -0.39 is 13.6 Å². The van der Waals surface area contributed by atoms with Crippen LogP contribution in [0.5, 0.6) is 0 Å². The Morgan fingerprint density at radius 3 is 1.87 bits per heavy atom. The maximum Gasteiger partial charge on any atom is 0.335 e. The quantitative estimate of drug-likeness (QED) is 0.679. The van der Waals surface area contributed by atoms with Gasteiger partial charge >= 0.3 is 5.97 Å². The predicted octanol–water partition coefficient (Wildman–Crippen LogP) is 4.89. The number of halogens is 6. The van der Waals surface area contributed by atoms with Gasteiger partial charge in [-0.2, -0.15) is 0 Å². The van der Waals surface area contributed by atoms with E-state index in [0.717, 1.165) is 0 Å². The number of hydrogen-bond acceptors (Lipinski definition) is 4. The number of carbonyl (C=O) groups is 1. The van der Waals surface area contributed by atoms with Crippen molar-refractivity contribution >= 4 is 75.6 Å². The van der Waals surface area contributed by atoms with Crippen molar-refractivity contribution < 1.29 is 9.90 Å². The van der Waals surface area contributed by atoms with Crippen LogP contribution in [0.25, 0.3) is 11.4 Å². The maximum absolute atomic E-state index is 11.1. The average Bonchev–Trinajstić information content (AvgIpc) is 2.45. The standard InChI is InChI=1S/C12H5Cl6N3O2/c13-11(14,15)9-19-7(20-10(21-9)12(16,17)18)5-2-1-3-6(4-5)8(22)23/h1-4H,(H,22,23). The van der Waals surface area contributed by atoms with E-state index >= 15 is 0 Å². The van der Waals surface area contributed by atoms with Gasteiger partial charge in [-0.05, 0) is 12.1 Å². The third-order valence-electron chi connectivity index (χ3n) is 2.51. The lowest BCUT2D eigenvalue weighted by Gasteiger charge is -2.15. The monoisotopic (exact) mass is 433 g/mol. The second kappa shape index (κ2) is 6.75. The Balaban J connectivity index is 2.67. The molecular weight excluding hydrogens is 431 g/mol. The molecule has 0 aliphatic heterocycles. The van der Waals surface area contributed by atoms with Gasteiger partial charge in [0.15, 0.2) is 17.5 Å². The van der Waals surface area contributed by atoms with Crippen molar-refractivity contribution in [2.24, 2.45) is 0 Å². The fourth-order valence-corrected chi connectivity index (χ4v) is 2.06. The van der Waals surface area contributed by atoms with Crippen LogP contribution in [0, 0.1) is 0 Å². The van der Waals surface area contributed by atoms with E-state index in [2.05, 4.69) is 15.0 Å². The third-order valence-corrected chi connectivity index (χ3v) is 3.52. The summed E-state index contributed by atoms with van der Waals surface area (Å²) < 4.78 is -3.96. The second-order valence-corrected chi connectivity index (χ2v) is 8.75. The molecule has 0 saturated heterocycles. The molecule has 11 heteroatoms. The van der Waals surface area contributed by atoms with Gasteiger partial charge in [0.25, 0.3) is 0 Å². The van der Waals surface area contributed by atoms with Crippen molar-refractivity contribution in [3.8, 4) is 11.4 Å². The van der Waals surface area contributed by atoms with Gasteiger partial charge in [0, 0.05) is 5.56 Å². The minimum atomic E-state index is -1.98. The SMILES string of the molecule is O=C(O)c1cccc(-c2nc(C(Cl)(Cl)Cl)nc(C(Cl)(Cl)Cl)n2)c1. The van der Waals surface area contributed by atoms with Crippen LogP contribution in [0.4, 0.5) is 0 Å². The first-order valence-corrected chi connectivity index (χ1v) is 7.99. The molecule has 2 aromatic rings. The number of carboxylic acids is 1. The van der Waals surface area contributed by atoms with E-state index in [1.165, 1.54) is 18.2 Å². The van der Waals surface area contributed by atoms with Crippen LogP contribution in [-0.4, -0.2) is 26.0 Å². The lowest BCUT2D eigenvalue weighted by Crippen LogP contribution is -2.16. The molecule has 0 radical (unpaired) electrons. The van der Waals surface area contributed by atoms with Crippen LogP contribution in [0.1, 0.15) is 22.0 Å². The van der Waals surface area contributed by atoms with Crippen molar-refractivity contribution in [2.45, 2.75) is 7.59 Å². The molecule has 0 amide bonds. The van der Waals surface area contributed by atoms with Gasteiger partial charge in [-0.1, -0.05) is 81.7 Å². The molecule has 0 saturated carbocycles. The van der Waals surface area contributed by atoms with Crippen LogP contribution in [0.3, 0.4) is 0 Å². The molecule has 0 unspecified atom stereocenters. The molecular formula is C12H5Cl6N3O2. The van der Waals surface area contributed by atoms with E-state index in [9.17, 15) is 4.79 Å². The zero-order chi connectivity index (χ0) is 17.4. The largest absolute Gasteiger partial charge is 0.478 e. The highest BCUT2D eigenvalue weighted by Crippen LogP contribution is 2.40. The molecule has 2 rings (SSSR count). The Morgan fingerprint density at radius 2 is 1.43 bits per heavy atom. The van der Waals surface area contributed by atoms with Gasteiger partial charge in [-0.25, -0.2) is 19.7 Å². The van der Waals surface area contributed by atoms with Crippen molar-refractivity contribution in [3.05, 3.63) is 41.5 Å². The number of aromatic carboxylic acids is 1. The first kappa shape index (κ1) is 18.8. The Hall–Kier alpha value is -0.560. The summed E-state index contributed by atoms with van der Waals surface area (Å²) in [6.07, 6.45) is 0. The average molecular weight is 436 g/mol.